The van der Waals surface area contributed by atoms with E-state index in [1.165, 1.54) is 4.90 Å². The number of hydrogen-bond acceptors (Lipinski definition) is 5. The second-order valence-electron chi connectivity index (χ2n) is 9.09. The van der Waals surface area contributed by atoms with E-state index in [4.69, 9.17) is 34.8 Å². The van der Waals surface area contributed by atoms with Crippen molar-refractivity contribution in [2.24, 2.45) is 7.05 Å². The molecule has 8 nitrogen and oxygen atoms in total. The number of anilines is 1. The SMILES string of the molecule is CN1C(=O)N(c2cc(Cl)cc(Cl)c2)C(=O)C12CN(Cc1nn(C)cc1Cl)CC2c1ccc(C#N)cc1. The number of carbonyl (C=O) groups is 2. The summed E-state index contributed by atoms with van der Waals surface area (Å²) in [5, 5.41) is 14.9. The van der Waals surface area contributed by atoms with Crippen molar-refractivity contribution in [3.05, 3.63) is 80.6 Å². The topological polar surface area (TPSA) is 85.5 Å². The number of amides is 3. The van der Waals surface area contributed by atoms with Gasteiger partial charge in [0.15, 0.2) is 0 Å². The van der Waals surface area contributed by atoms with Crippen LogP contribution in [0.25, 0.3) is 0 Å². The first kappa shape index (κ1) is 24.6. The molecule has 2 atom stereocenters. The molecule has 36 heavy (non-hydrogen) atoms. The molecule has 184 valence electrons. The van der Waals surface area contributed by atoms with E-state index < -0.39 is 11.6 Å². The second kappa shape index (κ2) is 9.09. The Kier molecular flexibility index (Phi) is 6.21. The number of hydrogen-bond donors (Lipinski definition) is 0. The molecule has 5 rings (SSSR count). The zero-order valence-electron chi connectivity index (χ0n) is 19.5. The monoisotopic (exact) mass is 542 g/mol. The van der Waals surface area contributed by atoms with Crippen LogP contribution in [-0.4, -0.2) is 57.2 Å². The average Bonchev–Trinajstić information content (AvgIpc) is 3.42. The van der Waals surface area contributed by atoms with E-state index in [1.807, 2.05) is 12.1 Å². The van der Waals surface area contributed by atoms with Gasteiger partial charge < -0.3 is 4.90 Å². The molecule has 2 aliphatic rings. The molecule has 3 aromatic rings. The third kappa shape index (κ3) is 3.93. The lowest BCUT2D eigenvalue weighted by molar-refractivity contribution is -0.124. The lowest BCUT2D eigenvalue weighted by Crippen LogP contribution is -2.53. The summed E-state index contributed by atoms with van der Waals surface area (Å²) in [6.45, 7) is 1.16. The number of likely N-dealkylation sites (tertiary alicyclic amines) is 1. The molecule has 3 heterocycles. The first-order valence-corrected chi connectivity index (χ1v) is 12.3. The largest absolute Gasteiger partial charge is 0.332 e. The van der Waals surface area contributed by atoms with Crippen LogP contribution in [0.3, 0.4) is 0 Å². The van der Waals surface area contributed by atoms with Gasteiger partial charge in [-0.15, -0.1) is 0 Å². The van der Waals surface area contributed by atoms with Crippen molar-refractivity contribution in [3.8, 4) is 6.07 Å². The predicted molar refractivity (Wildman–Crippen MR) is 137 cm³/mol. The van der Waals surface area contributed by atoms with E-state index in [1.54, 1.807) is 55.3 Å². The summed E-state index contributed by atoms with van der Waals surface area (Å²) in [5.41, 5.74) is 1.17. The number of halogens is 3. The van der Waals surface area contributed by atoms with E-state index in [9.17, 15) is 14.9 Å². The number of imide groups is 1. The fourth-order valence-electron chi connectivity index (χ4n) is 5.24. The highest BCUT2D eigenvalue weighted by molar-refractivity contribution is 6.36. The molecule has 0 N–H and O–H groups in total. The van der Waals surface area contributed by atoms with Gasteiger partial charge in [0.2, 0.25) is 0 Å². The molecule has 2 unspecified atom stereocenters. The minimum Gasteiger partial charge on any atom is -0.310 e. The first-order chi connectivity index (χ1) is 17.1. The number of urea groups is 1. The van der Waals surface area contributed by atoms with Crippen LogP contribution in [0, 0.1) is 11.3 Å². The van der Waals surface area contributed by atoms with Crippen LogP contribution in [0.5, 0.6) is 0 Å². The lowest BCUT2D eigenvalue weighted by Gasteiger charge is -2.34. The molecule has 0 bridgehead atoms. The molecule has 0 radical (unpaired) electrons. The molecule has 1 aromatic heterocycles. The van der Waals surface area contributed by atoms with Gasteiger partial charge in [0.25, 0.3) is 5.91 Å². The molecule has 3 amide bonds. The fraction of sp³-hybridized carbons (Fsp3) is 0.280. The van der Waals surface area contributed by atoms with Crippen molar-refractivity contribution in [2.45, 2.75) is 18.0 Å². The van der Waals surface area contributed by atoms with Gasteiger partial charge in [0.1, 0.15) is 5.54 Å². The summed E-state index contributed by atoms with van der Waals surface area (Å²) in [4.78, 5) is 32.5. The normalized spacial score (nSPS) is 22.2. The van der Waals surface area contributed by atoms with Crippen LogP contribution >= 0.6 is 34.8 Å². The van der Waals surface area contributed by atoms with Gasteiger partial charge in [0.05, 0.1) is 28.0 Å². The minimum atomic E-state index is -1.19. The number of nitriles is 1. The van der Waals surface area contributed by atoms with Gasteiger partial charge >= 0.3 is 6.03 Å². The van der Waals surface area contributed by atoms with Crippen molar-refractivity contribution in [1.82, 2.24) is 19.6 Å². The summed E-state index contributed by atoms with van der Waals surface area (Å²) < 4.78 is 1.64. The van der Waals surface area contributed by atoms with Crippen LogP contribution in [0.1, 0.15) is 22.7 Å². The van der Waals surface area contributed by atoms with Crippen LogP contribution in [0.4, 0.5) is 10.5 Å². The minimum absolute atomic E-state index is 0.274. The summed E-state index contributed by atoms with van der Waals surface area (Å²) in [6, 6.07) is 13.4. The maximum absolute atomic E-state index is 14.2. The van der Waals surface area contributed by atoms with Crippen LogP contribution in [0.2, 0.25) is 15.1 Å². The Morgan fingerprint density at radius 1 is 1.08 bits per heavy atom. The van der Waals surface area contributed by atoms with Gasteiger partial charge in [0, 0.05) is 55.9 Å². The number of benzene rings is 2. The third-order valence-corrected chi connectivity index (χ3v) is 7.66. The van der Waals surface area contributed by atoms with E-state index >= 15 is 0 Å². The summed E-state index contributed by atoms with van der Waals surface area (Å²) >= 11 is 18.8. The van der Waals surface area contributed by atoms with Gasteiger partial charge in [-0.1, -0.05) is 46.9 Å². The second-order valence-corrected chi connectivity index (χ2v) is 10.4. The fourth-order valence-corrected chi connectivity index (χ4v) is 5.99. The average molecular weight is 544 g/mol. The Hall–Kier alpha value is -3.09. The van der Waals surface area contributed by atoms with E-state index in [-0.39, 0.29) is 18.4 Å². The Bertz CT molecular complexity index is 1400. The molecular weight excluding hydrogens is 523 g/mol. The first-order valence-electron chi connectivity index (χ1n) is 11.1. The Morgan fingerprint density at radius 3 is 2.33 bits per heavy atom. The van der Waals surface area contributed by atoms with Crippen LogP contribution in [-0.2, 0) is 18.4 Å². The molecular formula is C25H21Cl3N6O2. The lowest BCUT2D eigenvalue weighted by atomic mass is 9.80. The van der Waals surface area contributed by atoms with Crippen molar-refractivity contribution in [3.63, 3.8) is 0 Å². The highest BCUT2D eigenvalue weighted by Gasteiger charge is 2.64. The van der Waals surface area contributed by atoms with Gasteiger partial charge in [-0.25, -0.2) is 9.69 Å². The van der Waals surface area contributed by atoms with Crippen molar-refractivity contribution in [2.75, 3.05) is 25.0 Å². The summed E-state index contributed by atoms with van der Waals surface area (Å²) in [5.74, 6) is -0.730. The van der Waals surface area contributed by atoms with Crippen molar-refractivity contribution < 1.29 is 9.59 Å². The molecule has 0 saturated carbocycles. The van der Waals surface area contributed by atoms with Crippen LogP contribution in [0.15, 0.2) is 48.7 Å². The van der Waals surface area contributed by atoms with Gasteiger partial charge in [-0.05, 0) is 35.9 Å². The van der Waals surface area contributed by atoms with Crippen molar-refractivity contribution >= 4 is 52.4 Å². The highest BCUT2D eigenvalue weighted by Crippen LogP contribution is 2.47. The number of likely N-dealkylation sites (N-methyl/N-ethyl adjacent to an activating group) is 1. The molecule has 2 saturated heterocycles. The number of carbonyl (C=O) groups excluding carboxylic acids is 2. The maximum Gasteiger partial charge on any atom is 0.332 e. The highest BCUT2D eigenvalue weighted by atomic mass is 35.5. The Morgan fingerprint density at radius 2 is 1.75 bits per heavy atom. The maximum atomic E-state index is 14.2. The molecule has 0 aliphatic carbocycles. The number of aromatic nitrogens is 2. The van der Waals surface area contributed by atoms with E-state index in [0.717, 1.165) is 10.5 Å². The molecule has 2 aromatic carbocycles. The summed E-state index contributed by atoms with van der Waals surface area (Å²) in [7, 11) is 3.43. The number of nitrogens with zero attached hydrogens (tertiary/aromatic N) is 6. The summed E-state index contributed by atoms with van der Waals surface area (Å²) in [6.07, 6.45) is 1.72. The molecule has 2 fully saturated rings. The smallest absolute Gasteiger partial charge is 0.310 e. The predicted octanol–water partition coefficient (Wildman–Crippen LogP) is 4.69. The Balaban J connectivity index is 1.59. The molecule has 1 spiro atoms. The van der Waals surface area contributed by atoms with Crippen molar-refractivity contribution in [1.29, 1.82) is 5.26 Å². The number of aryl methyl sites for hydroxylation is 1. The zero-order chi connectivity index (χ0) is 25.8. The van der Waals surface area contributed by atoms with Gasteiger partial charge in [-0.2, -0.15) is 10.4 Å². The molecule has 2 aliphatic heterocycles. The van der Waals surface area contributed by atoms with Crippen LogP contribution < -0.4 is 4.90 Å². The van der Waals surface area contributed by atoms with Gasteiger partial charge in [-0.3, -0.25) is 14.4 Å². The number of rotatable bonds is 4. The molecule has 11 heteroatoms. The third-order valence-electron chi connectivity index (χ3n) is 6.91. The van der Waals surface area contributed by atoms with E-state index in [2.05, 4.69) is 16.1 Å². The van der Waals surface area contributed by atoms with E-state index in [0.29, 0.717) is 45.1 Å². The standard InChI is InChI=1S/C25H21Cl3N6O2/c1-31-12-21(28)22(30-31)13-33-11-20(16-5-3-15(10-29)4-6-16)25(14-33)23(35)34(24(36)32(25)2)19-8-17(26)7-18(27)9-19/h3-9,12,20H,11,13-14H2,1-2H3. The Labute approximate surface area is 223 Å². The quantitative estimate of drug-likeness (QED) is 0.446. The zero-order valence-corrected chi connectivity index (χ0v) is 21.7.